The number of fused-ring (bicyclic) bond motifs is 5. The normalized spacial score (nSPS) is 11.5. The molecule has 0 atom stereocenters. The van der Waals surface area contributed by atoms with E-state index in [1.807, 2.05) is 31.2 Å². The highest BCUT2D eigenvalue weighted by atomic mass is 16.4. The molecule has 0 bridgehead atoms. The Morgan fingerprint density at radius 1 is 1.17 bits per heavy atom. The van der Waals surface area contributed by atoms with Gasteiger partial charge in [0.2, 0.25) is 0 Å². The van der Waals surface area contributed by atoms with Crippen molar-refractivity contribution in [2.45, 2.75) is 13.5 Å². The molecule has 2 aromatic carbocycles. The minimum absolute atomic E-state index is 0.152. The Balaban J connectivity index is 2.30. The quantitative estimate of drug-likeness (QED) is 0.617. The molecule has 0 spiro atoms. The van der Waals surface area contributed by atoms with Gasteiger partial charge in [-0.3, -0.25) is 4.57 Å². The minimum Gasteiger partial charge on any atom is -0.478 e. The summed E-state index contributed by atoms with van der Waals surface area (Å²) < 4.78 is 3.16. The molecule has 2 heterocycles. The molecule has 6 heteroatoms. The summed E-state index contributed by atoms with van der Waals surface area (Å²) in [7, 11) is 0. The van der Waals surface area contributed by atoms with Crippen LogP contribution in [0, 0.1) is 0 Å². The number of rotatable bonds is 2. The van der Waals surface area contributed by atoms with E-state index in [-0.39, 0.29) is 11.3 Å². The molecule has 0 saturated heterocycles. The number of hydrogen-bond acceptors (Lipinski definition) is 3. The number of carboxylic acid groups (broad SMARTS) is 1. The summed E-state index contributed by atoms with van der Waals surface area (Å²) >= 11 is 0. The number of para-hydroxylation sites is 2. The molecule has 0 unspecified atom stereocenters. The van der Waals surface area contributed by atoms with E-state index in [9.17, 15) is 14.7 Å². The van der Waals surface area contributed by atoms with Crippen molar-refractivity contribution in [3.8, 4) is 0 Å². The first-order valence-electron chi connectivity index (χ1n) is 7.29. The van der Waals surface area contributed by atoms with E-state index in [0.717, 1.165) is 16.4 Å². The van der Waals surface area contributed by atoms with Crippen LogP contribution in [-0.2, 0) is 6.54 Å². The molecular weight excluding hydrogens is 294 g/mol. The molecule has 0 amide bonds. The molecule has 23 heavy (non-hydrogen) atoms. The lowest BCUT2D eigenvalue weighted by atomic mass is 10.1. The number of aromatic nitrogens is 3. The van der Waals surface area contributed by atoms with Crippen molar-refractivity contribution in [3.63, 3.8) is 0 Å². The minimum atomic E-state index is -1.02. The van der Waals surface area contributed by atoms with Crippen molar-refractivity contribution < 1.29 is 9.90 Å². The van der Waals surface area contributed by atoms with Gasteiger partial charge in [0.05, 0.1) is 22.1 Å². The second-order valence-corrected chi connectivity index (χ2v) is 5.32. The van der Waals surface area contributed by atoms with Crippen LogP contribution in [0.5, 0.6) is 0 Å². The largest absolute Gasteiger partial charge is 0.478 e. The number of imidazole rings is 1. The zero-order valence-electron chi connectivity index (χ0n) is 12.4. The summed E-state index contributed by atoms with van der Waals surface area (Å²) in [4.78, 5) is 28.6. The summed E-state index contributed by atoms with van der Waals surface area (Å²) in [5.74, 6) is -1.02. The molecule has 4 rings (SSSR count). The third kappa shape index (κ3) is 1.78. The van der Waals surface area contributed by atoms with Gasteiger partial charge in [-0.25, -0.2) is 19.0 Å². The monoisotopic (exact) mass is 307 g/mol. The van der Waals surface area contributed by atoms with Gasteiger partial charge in [0, 0.05) is 11.9 Å². The Hall–Kier alpha value is -3.15. The second kappa shape index (κ2) is 4.67. The van der Waals surface area contributed by atoms with E-state index in [2.05, 4.69) is 4.98 Å². The van der Waals surface area contributed by atoms with Crippen LogP contribution in [0.15, 0.2) is 47.3 Å². The number of aryl methyl sites for hydroxylation is 1. The third-order valence-corrected chi connectivity index (χ3v) is 4.08. The lowest BCUT2D eigenvalue weighted by Crippen LogP contribution is -2.26. The lowest BCUT2D eigenvalue weighted by Gasteiger charge is -2.10. The van der Waals surface area contributed by atoms with Gasteiger partial charge in [0.1, 0.15) is 0 Å². The van der Waals surface area contributed by atoms with Gasteiger partial charge < -0.3 is 5.11 Å². The van der Waals surface area contributed by atoms with Crippen LogP contribution in [0.25, 0.3) is 27.6 Å². The van der Waals surface area contributed by atoms with E-state index in [1.165, 1.54) is 12.1 Å². The Morgan fingerprint density at radius 2 is 1.96 bits per heavy atom. The third-order valence-electron chi connectivity index (χ3n) is 4.08. The summed E-state index contributed by atoms with van der Waals surface area (Å²) in [5, 5.41) is 9.95. The van der Waals surface area contributed by atoms with Gasteiger partial charge in [-0.2, -0.15) is 0 Å². The van der Waals surface area contributed by atoms with Crippen molar-refractivity contribution in [1.29, 1.82) is 0 Å². The van der Waals surface area contributed by atoms with Gasteiger partial charge in [-0.15, -0.1) is 0 Å². The molecule has 2 aromatic heterocycles. The fourth-order valence-electron chi connectivity index (χ4n) is 3.01. The predicted octanol–water partition coefficient (Wildman–Crippen LogP) is 2.52. The first-order valence-corrected chi connectivity index (χ1v) is 7.29. The van der Waals surface area contributed by atoms with Crippen molar-refractivity contribution in [3.05, 3.63) is 58.5 Å². The standard InChI is InChI=1S/C17H13N3O3/c1-2-19-14-9-10(16(21)22)7-8-11(14)15-18-12-5-3-4-6-13(12)20(15)17(19)23/h3-9H,2H2,1H3,(H,21,22). The van der Waals surface area contributed by atoms with Gasteiger partial charge in [0.25, 0.3) is 0 Å². The fourth-order valence-corrected chi connectivity index (χ4v) is 3.01. The number of aromatic carboxylic acids is 1. The van der Waals surface area contributed by atoms with E-state index in [0.29, 0.717) is 17.7 Å². The van der Waals surface area contributed by atoms with Crippen LogP contribution < -0.4 is 5.69 Å². The van der Waals surface area contributed by atoms with Gasteiger partial charge >= 0.3 is 11.7 Å². The number of carbonyl (C=O) groups is 1. The van der Waals surface area contributed by atoms with Crippen molar-refractivity contribution in [1.82, 2.24) is 14.0 Å². The van der Waals surface area contributed by atoms with Crippen LogP contribution in [0.2, 0.25) is 0 Å². The molecule has 0 saturated carbocycles. The zero-order valence-corrected chi connectivity index (χ0v) is 12.4. The number of hydrogen-bond donors (Lipinski definition) is 1. The predicted molar refractivity (Wildman–Crippen MR) is 87.1 cm³/mol. The molecule has 0 aliphatic carbocycles. The van der Waals surface area contributed by atoms with Crippen molar-refractivity contribution >= 4 is 33.6 Å². The molecule has 114 valence electrons. The van der Waals surface area contributed by atoms with Crippen LogP contribution in [0.4, 0.5) is 0 Å². The molecule has 0 radical (unpaired) electrons. The van der Waals surface area contributed by atoms with E-state index in [4.69, 9.17) is 0 Å². The molecule has 4 aromatic rings. The average molecular weight is 307 g/mol. The number of carboxylic acids is 1. The van der Waals surface area contributed by atoms with Crippen molar-refractivity contribution in [2.75, 3.05) is 0 Å². The summed E-state index contributed by atoms with van der Waals surface area (Å²) in [6.45, 7) is 2.31. The first-order chi connectivity index (χ1) is 11.1. The Kier molecular flexibility index (Phi) is 2.74. The van der Waals surface area contributed by atoms with E-state index in [1.54, 1.807) is 15.0 Å². The van der Waals surface area contributed by atoms with E-state index < -0.39 is 5.97 Å². The second-order valence-electron chi connectivity index (χ2n) is 5.32. The molecule has 0 aliphatic rings. The number of benzene rings is 2. The maximum atomic E-state index is 12.9. The maximum Gasteiger partial charge on any atom is 0.335 e. The van der Waals surface area contributed by atoms with E-state index >= 15 is 0 Å². The maximum absolute atomic E-state index is 12.9. The van der Waals surface area contributed by atoms with Crippen LogP contribution in [0.1, 0.15) is 17.3 Å². The fraction of sp³-hybridized carbons (Fsp3) is 0.118. The van der Waals surface area contributed by atoms with Gasteiger partial charge in [0.15, 0.2) is 5.65 Å². The lowest BCUT2D eigenvalue weighted by molar-refractivity contribution is 0.0697. The SMILES string of the molecule is CCn1c(=O)n2c3ccccc3nc2c2ccc(C(=O)O)cc21. The molecule has 0 aliphatic heterocycles. The number of nitrogens with zero attached hydrogens (tertiary/aromatic N) is 3. The summed E-state index contributed by atoms with van der Waals surface area (Å²) in [5.41, 5.74) is 2.56. The average Bonchev–Trinajstić information content (AvgIpc) is 2.94. The molecular formula is C17H13N3O3. The smallest absolute Gasteiger partial charge is 0.335 e. The summed E-state index contributed by atoms with van der Waals surface area (Å²) in [6, 6.07) is 12.2. The highest BCUT2D eigenvalue weighted by Crippen LogP contribution is 2.23. The molecule has 1 N–H and O–H groups in total. The van der Waals surface area contributed by atoms with Crippen molar-refractivity contribution in [2.24, 2.45) is 0 Å². The van der Waals surface area contributed by atoms with Gasteiger partial charge in [-0.1, -0.05) is 12.1 Å². The molecule has 0 fully saturated rings. The Bertz CT molecular complexity index is 1150. The van der Waals surface area contributed by atoms with Crippen LogP contribution in [-0.4, -0.2) is 25.0 Å². The highest BCUT2D eigenvalue weighted by molar-refractivity contribution is 6.00. The highest BCUT2D eigenvalue weighted by Gasteiger charge is 2.16. The molecule has 6 nitrogen and oxygen atoms in total. The zero-order chi connectivity index (χ0) is 16.1. The topological polar surface area (TPSA) is 76.6 Å². The van der Waals surface area contributed by atoms with Crippen LogP contribution >= 0.6 is 0 Å². The first kappa shape index (κ1) is 13.5. The summed E-state index contributed by atoms with van der Waals surface area (Å²) in [6.07, 6.45) is 0. The Morgan fingerprint density at radius 3 is 2.70 bits per heavy atom. The van der Waals surface area contributed by atoms with Gasteiger partial charge in [-0.05, 0) is 37.3 Å². The Labute approximate surface area is 130 Å². The van der Waals surface area contributed by atoms with Crippen LogP contribution in [0.3, 0.4) is 0 Å².